The number of sulfone groups is 1. The molecule has 0 aliphatic carbocycles. The van der Waals surface area contributed by atoms with Gasteiger partial charge in [-0.3, -0.25) is 0 Å². The molecule has 0 heterocycles. The molecule has 0 aliphatic heterocycles. The Bertz CT molecular complexity index is 743. The molecule has 1 aromatic rings. The van der Waals surface area contributed by atoms with Gasteiger partial charge in [-0.25, -0.2) is 21.6 Å². The van der Waals surface area contributed by atoms with Gasteiger partial charge >= 0.3 is 0 Å². The Kier molecular flexibility index (Phi) is 7.07. The molecular weight excluding hydrogens is 358 g/mol. The first kappa shape index (κ1) is 20.4. The molecule has 0 saturated carbocycles. The van der Waals surface area contributed by atoms with Crippen LogP contribution in [0.5, 0.6) is 0 Å². The molecule has 1 atom stereocenters. The Balaban J connectivity index is 2.96. The van der Waals surface area contributed by atoms with Crippen molar-refractivity contribution in [1.82, 2.24) is 4.72 Å². The second kappa shape index (κ2) is 7.96. The van der Waals surface area contributed by atoms with Crippen LogP contribution in [0.1, 0.15) is 40.0 Å². The molecule has 5 nitrogen and oxygen atoms in total. The lowest BCUT2D eigenvalue weighted by molar-refractivity contribution is 0.488. The summed E-state index contributed by atoms with van der Waals surface area (Å²) in [5.74, 6) is 0.569. The first-order valence-electron chi connectivity index (χ1n) is 7.45. The third-order valence-electron chi connectivity index (χ3n) is 3.40. The van der Waals surface area contributed by atoms with Gasteiger partial charge in [-0.05, 0) is 37.5 Å². The largest absolute Gasteiger partial charge is 0.242 e. The van der Waals surface area contributed by atoms with E-state index in [9.17, 15) is 16.8 Å². The summed E-state index contributed by atoms with van der Waals surface area (Å²) in [6.07, 6.45) is 3.67. The van der Waals surface area contributed by atoms with Crippen LogP contribution in [0.4, 0.5) is 0 Å². The van der Waals surface area contributed by atoms with Crippen LogP contribution in [-0.2, 0) is 19.9 Å². The molecule has 0 radical (unpaired) electrons. The van der Waals surface area contributed by atoms with E-state index in [4.69, 9.17) is 11.6 Å². The van der Waals surface area contributed by atoms with Gasteiger partial charge < -0.3 is 0 Å². The molecule has 23 heavy (non-hydrogen) atoms. The van der Waals surface area contributed by atoms with Crippen LogP contribution < -0.4 is 4.72 Å². The second-order valence-electron chi connectivity index (χ2n) is 6.21. The lowest BCUT2D eigenvalue weighted by Crippen LogP contribution is -2.32. The first-order valence-corrected chi connectivity index (χ1v) is 11.2. The maximum atomic E-state index is 12.4. The minimum Gasteiger partial charge on any atom is -0.224 e. The summed E-state index contributed by atoms with van der Waals surface area (Å²) in [7, 11) is -7.38. The fourth-order valence-electron chi connectivity index (χ4n) is 2.14. The monoisotopic (exact) mass is 381 g/mol. The molecule has 0 spiro atoms. The molecule has 1 unspecified atom stereocenters. The normalized spacial score (nSPS) is 14.2. The van der Waals surface area contributed by atoms with Gasteiger partial charge in [0.1, 0.15) is 4.90 Å². The molecule has 0 saturated heterocycles. The van der Waals surface area contributed by atoms with Gasteiger partial charge in [0.05, 0.1) is 9.92 Å². The van der Waals surface area contributed by atoms with E-state index < -0.39 is 19.9 Å². The summed E-state index contributed by atoms with van der Waals surface area (Å²) in [6, 6.07) is 3.43. The third kappa shape index (κ3) is 6.41. The number of benzene rings is 1. The van der Waals surface area contributed by atoms with Gasteiger partial charge in [0.2, 0.25) is 10.0 Å². The van der Waals surface area contributed by atoms with Crippen molar-refractivity contribution in [3.63, 3.8) is 0 Å². The van der Waals surface area contributed by atoms with Crippen LogP contribution in [0.3, 0.4) is 0 Å². The van der Waals surface area contributed by atoms with Crippen molar-refractivity contribution in [3.05, 3.63) is 23.2 Å². The average Bonchev–Trinajstić information content (AvgIpc) is 2.36. The zero-order chi connectivity index (χ0) is 17.8. The highest BCUT2D eigenvalue weighted by Crippen LogP contribution is 2.25. The molecule has 0 aliphatic rings. The van der Waals surface area contributed by atoms with E-state index in [0.717, 1.165) is 25.2 Å². The number of hydrogen-bond donors (Lipinski definition) is 1. The molecule has 0 aromatic heterocycles. The van der Waals surface area contributed by atoms with Crippen LogP contribution in [0.25, 0.3) is 0 Å². The predicted molar refractivity (Wildman–Crippen MR) is 93.0 cm³/mol. The Morgan fingerprint density at radius 2 is 1.70 bits per heavy atom. The van der Waals surface area contributed by atoms with Gasteiger partial charge in [0.15, 0.2) is 9.84 Å². The summed E-state index contributed by atoms with van der Waals surface area (Å²) >= 11 is 5.95. The van der Waals surface area contributed by atoms with Crippen molar-refractivity contribution >= 4 is 31.5 Å². The van der Waals surface area contributed by atoms with E-state index >= 15 is 0 Å². The van der Waals surface area contributed by atoms with Gasteiger partial charge in [0.25, 0.3) is 0 Å². The summed E-state index contributed by atoms with van der Waals surface area (Å²) in [5, 5.41) is -0.000666. The van der Waals surface area contributed by atoms with E-state index in [1.165, 1.54) is 12.1 Å². The van der Waals surface area contributed by atoms with Crippen molar-refractivity contribution in [3.8, 4) is 0 Å². The molecule has 1 rings (SSSR count). The maximum Gasteiger partial charge on any atom is 0.242 e. The minimum absolute atomic E-state index is 0.000666. The SMILES string of the molecule is CC(C)CCCC(C)NS(=O)(=O)c1cc(S(C)(=O)=O)ccc1Cl. The lowest BCUT2D eigenvalue weighted by Gasteiger charge is -2.16. The number of sulfonamides is 1. The average molecular weight is 382 g/mol. The van der Waals surface area contributed by atoms with Gasteiger partial charge in [-0.1, -0.05) is 38.3 Å². The fraction of sp³-hybridized carbons (Fsp3) is 0.600. The topological polar surface area (TPSA) is 80.3 Å². The second-order valence-corrected chi connectivity index (χ2v) is 10.3. The van der Waals surface area contributed by atoms with Crippen molar-refractivity contribution in [2.24, 2.45) is 5.92 Å². The summed E-state index contributed by atoms with van der Waals surface area (Å²) < 4.78 is 50.6. The zero-order valence-electron chi connectivity index (χ0n) is 13.8. The van der Waals surface area contributed by atoms with Crippen LogP contribution in [0.2, 0.25) is 5.02 Å². The van der Waals surface area contributed by atoms with Crippen molar-refractivity contribution in [2.75, 3.05) is 6.26 Å². The molecule has 0 amide bonds. The predicted octanol–water partition coefficient (Wildman–Crippen LogP) is 3.24. The Morgan fingerprint density at radius 1 is 1.09 bits per heavy atom. The van der Waals surface area contributed by atoms with E-state index in [1.54, 1.807) is 6.92 Å². The van der Waals surface area contributed by atoms with Crippen LogP contribution >= 0.6 is 11.6 Å². The van der Waals surface area contributed by atoms with Crippen molar-refractivity contribution < 1.29 is 16.8 Å². The molecular formula is C15H24ClNO4S2. The van der Waals surface area contributed by atoms with E-state index in [0.29, 0.717) is 12.3 Å². The minimum atomic E-state index is -3.87. The maximum absolute atomic E-state index is 12.4. The summed E-state index contributed by atoms with van der Waals surface area (Å²) in [5.41, 5.74) is 0. The molecule has 0 bridgehead atoms. The standard InChI is InChI=1S/C15H24ClNO4S2/c1-11(2)6-5-7-12(3)17-23(20,21)15-10-13(22(4,18)19)8-9-14(15)16/h8-12,17H,5-7H2,1-4H3. The third-order valence-corrected chi connectivity index (χ3v) is 6.58. The smallest absolute Gasteiger partial charge is 0.224 e. The zero-order valence-corrected chi connectivity index (χ0v) is 16.2. The molecule has 0 fully saturated rings. The summed E-state index contributed by atoms with van der Waals surface area (Å²) in [4.78, 5) is -0.285. The quantitative estimate of drug-likeness (QED) is 0.749. The Morgan fingerprint density at radius 3 is 2.22 bits per heavy atom. The van der Waals surface area contributed by atoms with Crippen LogP contribution in [0.15, 0.2) is 28.0 Å². The Labute approximate surface area is 144 Å². The van der Waals surface area contributed by atoms with Crippen LogP contribution in [0, 0.1) is 5.92 Å². The fourth-order valence-corrected chi connectivity index (χ4v) is 4.67. The van der Waals surface area contributed by atoms with Gasteiger partial charge in [-0.2, -0.15) is 0 Å². The van der Waals surface area contributed by atoms with E-state index in [1.807, 2.05) is 0 Å². The lowest BCUT2D eigenvalue weighted by atomic mass is 10.0. The van der Waals surface area contributed by atoms with Crippen LogP contribution in [-0.4, -0.2) is 29.1 Å². The van der Waals surface area contributed by atoms with Gasteiger partial charge in [-0.15, -0.1) is 0 Å². The molecule has 8 heteroatoms. The highest BCUT2D eigenvalue weighted by molar-refractivity contribution is 7.91. The summed E-state index contributed by atoms with van der Waals surface area (Å²) in [6.45, 7) is 6.02. The van der Waals surface area contributed by atoms with E-state index in [-0.39, 0.29) is 20.9 Å². The van der Waals surface area contributed by atoms with E-state index in [2.05, 4.69) is 18.6 Å². The molecule has 1 aromatic carbocycles. The first-order chi connectivity index (χ1) is 10.4. The molecule has 132 valence electrons. The number of nitrogens with one attached hydrogen (secondary N) is 1. The Hall–Kier alpha value is -0.630. The molecule has 1 N–H and O–H groups in total. The number of rotatable bonds is 8. The van der Waals surface area contributed by atoms with Crippen molar-refractivity contribution in [1.29, 1.82) is 0 Å². The van der Waals surface area contributed by atoms with Crippen molar-refractivity contribution in [2.45, 2.75) is 55.9 Å². The highest BCUT2D eigenvalue weighted by atomic mass is 35.5. The van der Waals surface area contributed by atoms with Gasteiger partial charge in [0, 0.05) is 12.3 Å². The highest BCUT2D eigenvalue weighted by Gasteiger charge is 2.22. The number of halogens is 1. The number of hydrogen-bond acceptors (Lipinski definition) is 4.